The minimum Gasteiger partial charge on any atom is -0.343 e. The summed E-state index contributed by atoms with van der Waals surface area (Å²) < 4.78 is 2.11. The van der Waals surface area contributed by atoms with Crippen molar-refractivity contribution in [2.24, 2.45) is 0 Å². The third kappa shape index (κ3) is 3.77. The average Bonchev–Trinajstić information content (AvgIpc) is 3.09. The summed E-state index contributed by atoms with van der Waals surface area (Å²) in [5.74, 6) is 1.45. The maximum Gasteiger partial charge on any atom is 0.270 e. The second-order valence-electron chi connectivity index (χ2n) is 6.58. The number of hydrogen-bond donors (Lipinski definition) is 1. The summed E-state index contributed by atoms with van der Waals surface area (Å²) >= 11 is 0. The highest BCUT2D eigenvalue weighted by Gasteiger charge is 2.19. The molecule has 2 aromatic heterocycles. The molecule has 0 unspecified atom stereocenters. The van der Waals surface area contributed by atoms with E-state index in [1.807, 2.05) is 13.8 Å². The van der Waals surface area contributed by atoms with Crippen molar-refractivity contribution in [3.63, 3.8) is 0 Å². The van der Waals surface area contributed by atoms with E-state index in [1.54, 1.807) is 18.6 Å². The molecule has 24 heavy (non-hydrogen) atoms. The Labute approximate surface area is 141 Å². The van der Waals surface area contributed by atoms with Gasteiger partial charge >= 0.3 is 0 Å². The van der Waals surface area contributed by atoms with E-state index in [1.165, 1.54) is 19.3 Å². The molecule has 0 spiro atoms. The van der Waals surface area contributed by atoms with Gasteiger partial charge in [-0.2, -0.15) is 0 Å². The van der Waals surface area contributed by atoms with Gasteiger partial charge in [0.1, 0.15) is 17.8 Å². The van der Waals surface area contributed by atoms with E-state index in [9.17, 15) is 4.79 Å². The van der Waals surface area contributed by atoms with Crippen LogP contribution in [0.1, 0.15) is 80.0 Å². The zero-order chi connectivity index (χ0) is 16.9. The summed E-state index contributed by atoms with van der Waals surface area (Å²) in [6.07, 6.45) is 9.50. The maximum absolute atomic E-state index is 12.3. The van der Waals surface area contributed by atoms with Gasteiger partial charge in [-0.3, -0.25) is 4.79 Å². The molecule has 7 nitrogen and oxygen atoms in total. The molecular weight excluding hydrogens is 304 g/mol. The molecule has 1 aliphatic rings. The predicted octanol–water partition coefficient (Wildman–Crippen LogP) is 2.63. The molecular formula is C17H24N6O. The average molecular weight is 328 g/mol. The topological polar surface area (TPSA) is 85.6 Å². The first-order valence-corrected chi connectivity index (χ1v) is 8.64. The Kier molecular flexibility index (Phi) is 5.17. The second-order valence-corrected chi connectivity index (χ2v) is 6.58. The van der Waals surface area contributed by atoms with E-state index in [-0.39, 0.29) is 11.8 Å². The number of nitrogens with zero attached hydrogens (tertiary/aromatic N) is 5. The third-order valence-corrected chi connectivity index (χ3v) is 4.45. The van der Waals surface area contributed by atoms with Gasteiger partial charge in [0.15, 0.2) is 5.82 Å². The smallest absolute Gasteiger partial charge is 0.270 e. The number of carbonyl (C=O) groups excluding carboxylic acids is 1. The molecule has 3 rings (SSSR count). The molecule has 1 N–H and O–H groups in total. The van der Waals surface area contributed by atoms with Crippen LogP contribution >= 0.6 is 0 Å². The molecule has 1 saturated carbocycles. The minimum absolute atomic E-state index is 0.187. The van der Waals surface area contributed by atoms with Crippen LogP contribution in [-0.4, -0.2) is 30.6 Å². The largest absolute Gasteiger partial charge is 0.343 e. The molecule has 1 amide bonds. The molecule has 0 radical (unpaired) electrons. The van der Waals surface area contributed by atoms with Crippen LogP contribution in [0, 0.1) is 0 Å². The summed E-state index contributed by atoms with van der Waals surface area (Å²) in [4.78, 5) is 20.9. The normalized spacial score (nSPS) is 15.6. The van der Waals surface area contributed by atoms with Gasteiger partial charge in [0.25, 0.3) is 5.91 Å². The van der Waals surface area contributed by atoms with E-state index in [4.69, 9.17) is 0 Å². The van der Waals surface area contributed by atoms with E-state index >= 15 is 0 Å². The summed E-state index contributed by atoms with van der Waals surface area (Å²) in [7, 11) is 0. The molecule has 2 aromatic rings. The zero-order valence-corrected chi connectivity index (χ0v) is 14.3. The van der Waals surface area contributed by atoms with E-state index in [2.05, 4.69) is 30.0 Å². The Morgan fingerprint density at radius 3 is 2.88 bits per heavy atom. The van der Waals surface area contributed by atoms with Crippen molar-refractivity contribution in [1.29, 1.82) is 0 Å². The van der Waals surface area contributed by atoms with Crippen LogP contribution in [0.3, 0.4) is 0 Å². The molecule has 1 fully saturated rings. The first kappa shape index (κ1) is 16.5. The summed E-state index contributed by atoms with van der Waals surface area (Å²) in [6, 6.07) is 2.08. The Bertz CT molecular complexity index is 690. The lowest BCUT2D eigenvalue weighted by atomic mass is 9.95. The highest BCUT2D eigenvalue weighted by Crippen LogP contribution is 2.28. The van der Waals surface area contributed by atoms with Crippen molar-refractivity contribution in [3.8, 4) is 0 Å². The molecule has 7 heteroatoms. The van der Waals surface area contributed by atoms with Gasteiger partial charge in [-0.15, -0.1) is 10.2 Å². The van der Waals surface area contributed by atoms with Crippen molar-refractivity contribution in [2.45, 2.75) is 64.5 Å². The van der Waals surface area contributed by atoms with E-state index < -0.39 is 0 Å². The van der Waals surface area contributed by atoms with Crippen molar-refractivity contribution < 1.29 is 4.79 Å². The lowest BCUT2D eigenvalue weighted by Crippen LogP contribution is -2.27. The van der Waals surface area contributed by atoms with Crippen molar-refractivity contribution in [1.82, 2.24) is 30.0 Å². The van der Waals surface area contributed by atoms with Crippen molar-refractivity contribution in [3.05, 3.63) is 35.9 Å². The monoisotopic (exact) mass is 328 g/mol. The van der Waals surface area contributed by atoms with Crippen molar-refractivity contribution in [2.75, 3.05) is 0 Å². The van der Waals surface area contributed by atoms with Crippen LogP contribution in [0.25, 0.3) is 0 Å². The molecule has 0 bridgehead atoms. The second kappa shape index (κ2) is 7.51. The first-order chi connectivity index (χ1) is 11.6. The highest BCUT2D eigenvalue weighted by molar-refractivity contribution is 5.92. The van der Waals surface area contributed by atoms with Gasteiger partial charge in [0, 0.05) is 18.2 Å². The minimum atomic E-state index is -0.211. The van der Waals surface area contributed by atoms with Crippen LogP contribution in [0.5, 0.6) is 0 Å². The fraction of sp³-hybridized carbons (Fsp3) is 0.588. The van der Waals surface area contributed by atoms with Crippen LogP contribution in [-0.2, 0) is 6.54 Å². The Balaban J connectivity index is 1.64. The lowest BCUT2D eigenvalue weighted by Gasteiger charge is -2.24. The van der Waals surface area contributed by atoms with Crippen LogP contribution < -0.4 is 5.32 Å². The fourth-order valence-corrected chi connectivity index (χ4v) is 3.09. The Hall–Kier alpha value is -2.31. The summed E-state index contributed by atoms with van der Waals surface area (Å²) in [5.41, 5.74) is 0.387. The number of carbonyl (C=O) groups is 1. The zero-order valence-electron chi connectivity index (χ0n) is 14.3. The third-order valence-electron chi connectivity index (χ3n) is 4.45. The van der Waals surface area contributed by atoms with Crippen LogP contribution in [0.4, 0.5) is 0 Å². The van der Waals surface area contributed by atoms with Gasteiger partial charge in [0.05, 0.1) is 6.54 Å². The molecule has 2 heterocycles. The number of aromatic nitrogens is 5. The van der Waals surface area contributed by atoms with Crippen LogP contribution in [0.15, 0.2) is 18.6 Å². The first-order valence-electron chi connectivity index (χ1n) is 8.64. The maximum atomic E-state index is 12.3. The molecule has 0 aliphatic heterocycles. The molecule has 128 valence electrons. The number of amides is 1. The molecule has 1 aliphatic carbocycles. The van der Waals surface area contributed by atoms with E-state index in [0.29, 0.717) is 24.1 Å². The predicted molar refractivity (Wildman–Crippen MR) is 89.4 cm³/mol. The fourth-order valence-electron chi connectivity index (χ4n) is 3.09. The number of hydrogen-bond acceptors (Lipinski definition) is 5. The summed E-state index contributed by atoms with van der Waals surface area (Å²) in [6.45, 7) is 4.36. The van der Waals surface area contributed by atoms with Crippen molar-refractivity contribution >= 4 is 5.91 Å². The number of rotatable bonds is 5. The lowest BCUT2D eigenvalue weighted by molar-refractivity contribution is 0.0943. The molecule has 0 atom stereocenters. The standard InChI is InChI=1S/C17H24N6O/c1-12(2)16-18-9-8-14(21-16)17(24)19-10-15-22-20-11-23(15)13-6-4-3-5-7-13/h8-9,11-13H,3-7,10H2,1-2H3,(H,19,24). The Morgan fingerprint density at radius 1 is 1.33 bits per heavy atom. The van der Waals surface area contributed by atoms with Crippen LogP contribution in [0.2, 0.25) is 0 Å². The quantitative estimate of drug-likeness (QED) is 0.912. The Morgan fingerprint density at radius 2 is 2.12 bits per heavy atom. The molecule has 0 saturated heterocycles. The van der Waals surface area contributed by atoms with Gasteiger partial charge in [-0.05, 0) is 18.9 Å². The SMILES string of the molecule is CC(C)c1nccc(C(=O)NCc2nncn2C2CCCCC2)n1. The van der Waals surface area contributed by atoms with Gasteiger partial charge < -0.3 is 9.88 Å². The van der Waals surface area contributed by atoms with Gasteiger partial charge in [-0.25, -0.2) is 9.97 Å². The van der Waals surface area contributed by atoms with E-state index in [0.717, 1.165) is 18.7 Å². The van der Waals surface area contributed by atoms with Gasteiger partial charge in [0.2, 0.25) is 0 Å². The number of nitrogens with one attached hydrogen (secondary N) is 1. The summed E-state index contributed by atoms with van der Waals surface area (Å²) in [5, 5.41) is 11.1. The highest BCUT2D eigenvalue weighted by atomic mass is 16.1. The van der Waals surface area contributed by atoms with Gasteiger partial charge in [-0.1, -0.05) is 33.1 Å². The molecule has 0 aromatic carbocycles.